The molecule has 1 N–H and O–H groups in total. The van der Waals surface area contributed by atoms with Gasteiger partial charge in [-0.05, 0) is 42.5 Å². The van der Waals surface area contributed by atoms with E-state index in [1.807, 2.05) is 73.1 Å². The predicted molar refractivity (Wildman–Crippen MR) is 143 cm³/mol. The van der Waals surface area contributed by atoms with Gasteiger partial charge < -0.3 is 19.2 Å². The first-order chi connectivity index (χ1) is 18.7. The molecule has 0 aliphatic carbocycles. The van der Waals surface area contributed by atoms with Crippen LogP contribution >= 0.6 is 0 Å². The summed E-state index contributed by atoms with van der Waals surface area (Å²) in [6.45, 7) is 1.36. The fourth-order valence-corrected chi connectivity index (χ4v) is 5.13. The second-order valence-electron chi connectivity index (χ2n) is 9.46. The first kappa shape index (κ1) is 22.7. The lowest BCUT2D eigenvalue weighted by atomic mass is 10.1. The maximum Gasteiger partial charge on any atom is 0.334 e. The number of imidazole rings is 1. The molecular formula is C29H25N5O4. The highest BCUT2D eigenvalue weighted by Gasteiger charge is 2.33. The molecule has 9 heteroatoms. The van der Waals surface area contributed by atoms with Gasteiger partial charge in [0.2, 0.25) is 6.29 Å². The Morgan fingerprint density at radius 2 is 1.89 bits per heavy atom. The highest BCUT2D eigenvalue weighted by Crippen LogP contribution is 2.28. The summed E-state index contributed by atoms with van der Waals surface area (Å²) in [5, 5.41) is 1.01. The van der Waals surface area contributed by atoms with Gasteiger partial charge in [0, 0.05) is 47.6 Å². The Labute approximate surface area is 217 Å². The number of para-hydroxylation sites is 1. The van der Waals surface area contributed by atoms with Crippen LogP contribution < -0.4 is 5.69 Å². The molecule has 2 aliphatic rings. The fourth-order valence-electron chi connectivity index (χ4n) is 5.13. The Kier molecular flexibility index (Phi) is 5.64. The maximum absolute atomic E-state index is 13.9. The predicted octanol–water partition coefficient (Wildman–Crippen LogP) is 4.19. The van der Waals surface area contributed by atoms with E-state index in [1.54, 1.807) is 21.6 Å². The van der Waals surface area contributed by atoms with E-state index in [9.17, 15) is 4.79 Å². The number of allylic oxidation sites excluding steroid dienone is 2. The third-order valence-corrected chi connectivity index (χ3v) is 7.06. The van der Waals surface area contributed by atoms with Gasteiger partial charge in [-0.25, -0.2) is 19.3 Å². The van der Waals surface area contributed by atoms with Crippen molar-refractivity contribution in [2.75, 3.05) is 13.2 Å². The molecule has 0 spiro atoms. The van der Waals surface area contributed by atoms with Gasteiger partial charge in [-0.1, -0.05) is 24.3 Å². The number of rotatable bonds is 6. The van der Waals surface area contributed by atoms with Crippen molar-refractivity contribution in [3.8, 4) is 16.8 Å². The van der Waals surface area contributed by atoms with Crippen molar-refractivity contribution in [1.82, 2.24) is 24.1 Å². The highest BCUT2D eigenvalue weighted by molar-refractivity contribution is 5.84. The number of aromatic nitrogens is 5. The van der Waals surface area contributed by atoms with Gasteiger partial charge >= 0.3 is 5.69 Å². The van der Waals surface area contributed by atoms with Gasteiger partial charge in [-0.3, -0.25) is 4.57 Å². The summed E-state index contributed by atoms with van der Waals surface area (Å²) in [6, 6.07) is 15.7. The van der Waals surface area contributed by atoms with E-state index >= 15 is 0 Å². The molecule has 2 aliphatic heterocycles. The molecule has 0 radical (unpaired) electrons. The first-order valence-corrected chi connectivity index (χ1v) is 12.6. The molecule has 6 heterocycles. The molecule has 1 fully saturated rings. The van der Waals surface area contributed by atoms with Crippen molar-refractivity contribution in [3.63, 3.8) is 0 Å². The van der Waals surface area contributed by atoms with E-state index in [-0.39, 0.29) is 17.7 Å². The largest absolute Gasteiger partial charge is 0.469 e. The van der Waals surface area contributed by atoms with Crippen molar-refractivity contribution in [3.05, 3.63) is 102 Å². The number of nitrogens with zero attached hydrogens (tertiary/aromatic N) is 4. The van der Waals surface area contributed by atoms with Crippen LogP contribution in [-0.2, 0) is 20.8 Å². The molecule has 1 aromatic carbocycles. The molecule has 190 valence electrons. The summed E-state index contributed by atoms with van der Waals surface area (Å²) in [4.78, 5) is 26.3. The minimum atomic E-state index is -0.472. The third kappa shape index (κ3) is 4.02. The Hall–Kier alpha value is -4.47. The number of ether oxygens (including phenoxy) is 3. The molecule has 5 aromatic rings. The van der Waals surface area contributed by atoms with Crippen LogP contribution in [-0.4, -0.2) is 49.7 Å². The molecule has 3 atom stereocenters. The summed E-state index contributed by atoms with van der Waals surface area (Å²) in [5.41, 5.74) is 4.59. The fraction of sp³-hybridized carbons (Fsp3) is 0.207. The maximum atomic E-state index is 13.9. The van der Waals surface area contributed by atoms with Crippen LogP contribution in [0.1, 0.15) is 0 Å². The van der Waals surface area contributed by atoms with Crippen molar-refractivity contribution < 1.29 is 14.2 Å². The summed E-state index contributed by atoms with van der Waals surface area (Å²) in [7, 11) is 0. The lowest BCUT2D eigenvalue weighted by molar-refractivity contribution is -0.123. The van der Waals surface area contributed by atoms with E-state index in [4.69, 9.17) is 19.2 Å². The third-order valence-electron chi connectivity index (χ3n) is 7.06. The monoisotopic (exact) mass is 507 g/mol. The highest BCUT2D eigenvalue weighted by atomic mass is 16.7. The van der Waals surface area contributed by atoms with Gasteiger partial charge in [-0.15, -0.1) is 0 Å². The quantitative estimate of drug-likeness (QED) is 0.370. The zero-order valence-electron chi connectivity index (χ0n) is 20.4. The van der Waals surface area contributed by atoms with Gasteiger partial charge in [0.1, 0.15) is 5.65 Å². The number of H-pyrrole nitrogens is 1. The topological polar surface area (TPSA) is 96.2 Å². The van der Waals surface area contributed by atoms with Gasteiger partial charge in [0.25, 0.3) is 0 Å². The van der Waals surface area contributed by atoms with Crippen LogP contribution in [0.4, 0.5) is 0 Å². The lowest BCUT2D eigenvalue weighted by Crippen LogP contribution is -2.34. The Balaban J connectivity index is 1.31. The zero-order valence-corrected chi connectivity index (χ0v) is 20.4. The first-order valence-electron chi connectivity index (χ1n) is 12.6. The average molecular weight is 508 g/mol. The molecule has 0 saturated carbocycles. The van der Waals surface area contributed by atoms with Crippen LogP contribution in [0.15, 0.2) is 96.4 Å². The van der Waals surface area contributed by atoms with Crippen LogP contribution in [0.2, 0.25) is 0 Å². The summed E-state index contributed by atoms with van der Waals surface area (Å²) in [6.07, 6.45) is 12.0. The molecule has 4 aromatic heterocycles. The number of pyridine rings is 2. The Morgan fingerprint density at radius 1 is 1.03 bits per heavy atom. The second-order valence-corrected chi connectivity index (χ2v) is 9.46. The minimum Gasteiger partial charge on any atom is -0.469 e. The van der Waals surface area contributed by atoms with Crippen LogP contribution in [0.25, 0.3) is 39.0 Å². The average Bonchev–Trinajstić information content (AvgIpc) is 3.68. The SMILES string of the molecule is O=c1n(CC2COCC2OC2C=CC=CO2)c2cc(-c3cnc4[nH]ccc4c3)cnc2n1-c1ccccc1. The Bertz CT molecular complexity index is 1730. The number of aromatic amines is 1. The zero-order chi connectivity index (χ0) is 25.5. The molecule has 0 amide bonds. The van der Waals surface area contributed by atoms with Crippen molar-refractivity contribution in [2.45, 2.75) is 18.9 Å². The molecule has 38 heavy (non-hydrogen) atoms. The molecule has 9 nitrogen and oxygen atoms in total. The second kappa shape index (κ2) is 9.44. The van der Waals surface area contributed by atoms with E-state index in [0.29, 0.717) is 25.4 Å². The van der Waals surface area contributed by atoms with Gasteiger partial charge in [0.05, 0.1) is 36.8 Å². The lowest BCUT2D eigenvalue weighted by Gasteiger charge is -2.23. The molecule has 1 saturated heterocycles. The standard InChI is InChI=1S/C29H25N5O4/c35-29-33(16-22-17-36-18-25(22)38-26-8-4-5-11-37-26)24-13-21(20-12-19-9-10-30-27(19)31-14-20)15-32-28(24)34(29)23-6-2-1-3-7-23/h1-15,22,25-26H,16-18H2,(H,30,31). The van der Waals surface area contributed by atoms with Crippen molar-refractivity contribution in [2.24, 2.45) is 5.92 Å². The van der Waals surface area contributed by atoms with E-state index in [2.05, 4.69) is 16.0 Å². The number of hydrogen-bond donors (Lipinski definition) is 1. The number of hydrogen-bond acceptors (Lipinski definition) is 6. The van der Waals surface area contributed by atoms with Crippen LogP contribution in [0.3, 0.4) is 0 Å². The molecule has 7 rings (SSSR count). The summed E-state index contributed by atoms with van der Waals surface area (Å²) in [5.74, 6) is -0.0352. The van der Waals surface area contributed by atoms with E-state index < -0.39 is 6.29 Å². The van der Waals surface area contributed by atoms with E-state index in [0.717, 1.165) is 33.4 Å². The van der Waals surface area contributed by atoms with E-state index in [1.165, 1.54) is 0 Å². The summed E-state index contributed by atoms with van der Waals surface area (Å²) >= 11 is 0. The smallest absolute Gasteiger partial charge is 0.334 e. The number of nitrogens with one attached hydrogen (secondary N) is 1. The Morgan fingerprint density at radius 3 is 2.76 bits per heavy atom. The number of benzene rings is 1. The normalized spacial score (nSPS) is 20.9. The van der Waals surface area contributed by atoms with Gasteiger partial charge in [0.15, 0.2) is 5.65 Å². The van der Waals surface area contributed by atoms with Crippen LogP contribution in [0.5, 0.6) is 0 Å². The summed E-state index contributed by atoms with van der Waals surface area (Å²) < 4.78 is 21.0. The molecular weight excluding hydrogens is 482 g/mol. The molecule has 3 unspecified atom stereocenters. The van der Waals surface area contributed by atoms with Crippen molar-refractivity contribution >= 4 is 22.2 Å². The van der Waals surface area contributed by atoms with Gasteiger partial charge in [-0.2, -0.15) is 0 Å². The molecule has 0 bridgehead atoms. The minimum absolute atomic E-state index is 0.0352. The number of fused-ring (bicyclic) bond motifs is 2. The van der Waals surface area contributed by atoms with Crippen LogP contribution in [0, 0.1) is 5.92 Å². The van der Waals surface area contributed by atoms with Crippen molar-refractivity contribution in [1.29, 1.82) is 0 Å².